The van der Waals surface area contributed by atoms with Crippen LogP contribution in [0.4, 0.5) is 9.59 Å². The molecule has 0 radical (unpaired) electrons. The number of likely N-dealkylation sites (tertiary alicyclic amines) is 2. The zero-order valence-corrected chi connectivity index (χ0v) is 33.0. The first-order chi connectivity index (χ1) is 27.4. The first kappa shape index (κ1) is 39.1. The van der Waals surface area contributed by atoms with Gasteiger partial charge in [-0.15, -0.1) is 0 Å². The number of hydrogen-bond donors (Lipinski definition) is 5. The van der Waals surface area contributed by atoms with Gasteiger partial charge in [0.1, 0.15) is 23.7 Å². The number of hydrogen-bond acceptors (Lipinski definition) is 9. The van der Waals surface area contributed by atoms with Crippen molar-refractivity contribution in [2.45, 2.75) is 77.5 Å². The quantitative estimate of drug-likeness (QED) is 0.113. The standard InChI is InChI=1S/C41H49N9O7/c1-21(2)33(47-40(54)56-5)38(52)49-15-7-9-31(49)36-42-19-29(45-36)23-11-13-25-27(17-23)44-28-18-24(12-14-26(28)35(25)51)30-20-43-37(46-30)32-10-8-16-50(32)39(53)34(22(3)4)48-41(55)57-6/h11-14,17-22,31-34H,7-10,15-16H2,1-6H3,(H,42,45)(H,43,46)(H,44,51)(H,47,54)(H,48,55)/t31-,32-,33-,34-/m0/s1. The number of pyridine rings is 1. The molecular weight excluding hydrogens is 731 g/mol. The molecule has 0 bridgehead atoms. The minimum Gasteiger partial charge on any atom is -0.453 e. The molecule has 16 nitrogen and oxygen atoms in total. The summed E-state index contributed by atoms with van der Waals surface area (Å²) in [6.07, 6.45) is 5.21. The number of imidazole rings is 2. The molecule has 5 aromatic rings. The van der Waals surface area contributed by atoms with Crippen LogP contribution in [0.3, 0.4) is 0 Å². The van der Waals surface area contributed by atoms with Crippen LogP contribution in [0.2, 0.25) is 0 Å². The van der Waals surface area contributed by atoms with Gasteiger partial charge in [-0.05, 0) is 61.8 Å². The molecule has 5 heterocycles. The van der Waals surface area contributed by atoms with E-state index < -0.39 is 24.3 Å². The van der Waals surface area contributed by atoms with Crippen LogP contribution < -0.4 is 16.1 Å². The second-order valence-electron chi connectivity index (χ2n) is 15.4. The minimum atomic E-state index is -0.732. The van der Waals surface area contributed by atoms with Crippen molar-refractivity contribution >= 4 is 45.8 Å². The molecule has 2 aliphatic rings. The fourth-order valence-corrected chi connectivity index (χ4v) is 8.01. The number of ether oxygens (including phenoxy) is 2. The van der Waals surface area contributed by atoms with Gasteiger partial charge >= 0.3 is 12.2 Å². The van der Waals surface area contributed by atoms with Crippen LogP contribution in [0, 0.1) is 11.8 Å². The Bertz CT molecular complexity index is 2220. The number of carbonyl (C=O) groups excluding carboxylic acids is 4. The summed E-state index contributed by atoms with van der Waals surface area (Å²) < 4.78 is 9.51. The number of rotatable bonds is 10. The molecule has 4 amide bonds. The lowest BCUT2D eigenvalue weighted by molar-refractivity contribution is -0.136. The Morgan fingerprint density at radius 3 is 1.49 bits per heavy atom. The molecule has 7 rings (SSSR count). The van der Waals surface area contributed by atoms with Crippen LogP contribution >= 0.6 is 0 Å². The number of benzene rings is 2. The summed E-state index contributed by atoms with van der Waals surface area (Å²) in [6, 6.07) is 9.14. The number of aromatic nitrogens is 5. The maximum Gasteiger partial charge on any atom is 0.407 e. The lowest BCUT2D eigenvalue weighted by Gasteiger charge is -2.30. The van der Waals surface area contributed by atoms with E-state index in [0.29, 0.717) is 46.5 Å². The van der Waals surface area contributed by atoms with Crippen molar-refractivity contribution in [2.75, 3.05) is 27.3 Å². The highest BCUT2D eigenvalue weighted by Crippen LogP contribution is 2.35. The first-order valence-corrected chi connectivity index (χ1v) is 19.4. The Morgan fingerprint density at radius 1 is 0.684 bits per heavy atom. The van der Waals surface area contributed by atoms with Gasteiger partial charge in [-0.2, -0.15) is 0 Å². The number of carbonyl (C=O) groups is 4. The molecule has 2 saturated heterocycles. The highest BCUT2D eigenvalue weighted by molar-refractivity contribution is 5.95. The number of aromatic amines is 3. The molecule has 0 spiro atoms. The Hall–Kier alpha value is -6.19. The van der Waals surface area contributed by atoms with Gasteiger partial charge in [0.05, 0.1) is 61.1 Å². The molecule has 3 aromatic heterocycles. The minimum absolute atomic E-state index is 0.104. The Morgan fingerprint density at radius 2 is 1.11 bits per heavy atom. The zero-order valence-electron chi connectivity index (χ0n) is 33.0. The van der Waals surface area contributed by atoms with E-state index in [-0.39, 0.29) is 41.2 Å². The first-order valence-electron chi connectivity index (χ1n) is 19.4. The molecule has 300 valence electrons. The molecule has 0 unspecified atom stereocenters. The van der Waals surface area contributed by atoms with Gasteiger partial charge in [0.25, 0.3) is 0 Å². The van der Waals surface area contributed by atoms with Gasteiger partial charge in [0, 0.05) is 35.0 Å². The summed E-state index contributed by atoms with van der Waals surface area (Å²) in [6.45, 7) is 8.61. The number of amides is 4. The zero-order chi connectivity index (χ0) is 40.5. The summed E-state index contributed by atoms with van der Waals surface area (Å²) in [5.41, 5.74) is 4.29. The fraction of sp³-hybridized carbons (Fsp3) is 0.439. The van der Waals surface area contributed by atoms with Gasteiger partial charge in [-0.25, -0.2) is 19.6 Å². The van der Waals surface area contributed by atoms with Crippen molar-refractivity contribution in [3.63, 3.8) is 0 Å². The molecule has 2 aliphatic heterocycles. The number of methoxy groups -OCH3 is 2. The van der Waals surface area contributed by atoms with E-state index in [2.05, 4.69) is 35.6 Å². The van der Waals surface area contributed by atoms with Crippen LogP contribution in [-0.2, 0) is 19.1 Å². The third-order valence-corrected chi connectivity index (χ3v) is 11.1. The molecule has 4 atom stereocenters. The van der Waals surface area contributed by atoms with Crippen LogP contribution in [-0.4, -0.2) is 98.1 Å². The molecule has 0 saturated carbocycles. The molecule has 2 aromatic carbocycles. The van der Waals surface area contributed by atoms with Crippen LogP contribution in [0.25, 0.3) is 44.3 Å². The highest BCUT2D eigenvalue weighted by Gasteiger charge is 2.39. The van der Waals surface area contributed by atoms with Crippen LogP contribution in [0.15, 0.2) is 53.6 Å². The number of fused-ring (bicyclic) bond motifs is 2. The molecule has 5 N–H and O–H groups in total. The normalized spacial score (nSPS) is 18.0. The molecule has 2 fully saturated rings. The maximum atomic E-state index is 13.7. The Kier molecular flexibility index (Phi) is 11.0. The predicted molar refractivity (Wildman–Crippen MR) is 213 cm³/mol. The van der Waals surface area contributed by atoms with E-state index in [1.807, 2.05) is 52.0 Å². The number of nitrogens with zero attached hydrogens (tertiary/aromatic N) is 4. The van der Waals surface area contributed by atoms with Crippen LogP contribution in [0.5, 0.6) is 0 Å². The summed E-state index contributed by atoms with van der Waals surface area (Å²) >= 11 is 0. The smallest absolute Gasteiger partial charge is 0.407 e. The Labute approximate surface area is 329 Å². The summed E-state index contributed by atoms with van der Waals surface area (Å²) in [7, 11) is 2.54. The monoisotopic (exact) mass is 779 g/mol. The highest BCUT2D eigenvalue weighted by atomic mass is 16.5. The third-order valence-electron chi connectivity index (χ3n) is 11.1. The number of alkyl carbamates (subject to hydrolysis) is 2. The van der Waals surface area contributed by atoms with Crippen molar-refractivity contribution in [1.29, 1.82) is 0 Å². The maximum absolute atomic E-state index is 13.7. The lowest BCUT2D eigenvalue weighted by atomic mass is 10.0. The number of nitrogens with one attached hydrogen (secondary N) is 5. The average Bonchev–Trinajstić information content (AvgIpc) is 4.04. The largest absolute Gasteiger partial charge is 0.453 e. The van der Waals surface area contributed by atoms with Crippen LogP contribution in [0.1, 0.15) is 77.1 Å². The fourth-order valence-electron chi connectivity index (χ4n) is 8.01. The van der Waals surface area contributed by atoms with E-state index in [0.717, 1.165) is 48.2 Å². The second-order valence-corrected chi connectivity index (χ2v) is 15.4. The number of H-pyrrole nitrogens is 3. The Balaban J connectivity index is 1.13. The summed E-state index contributed by atoms with van der Waals surface area (Å²) in [5, 5.41) is 6.44. The van der Waals surface area contributed by atoms with E-state index >= 15 is 0 Å². The van der Waals surface area contributed by atoms with Gasteiger partial charge in [-0.1, -0.05) is 39.8 Å². The summed E-state index contributed by atoms with van der Waals surface area (Å²) in [5.74, 6) is 0.644. The average molecular weight is 780 g/mol. The van der Waals surface area contributed by atoms with Crippen molar-refractivity contribution in [1.82, 2.24) is 45.4 Å². The summed E-state index contributed by atoms with van der Waals surface area (Å²) in [4.78, 5) is 88.1. The topological polar surface area (TPSA) is 207 Å². The molecule has 16 heteroatoms. The van der Waals surface area contributed by atoms with Gasteiger partial charge in [0.15, 0.2) is 5.43 Å². The lowest BCUT2D eigenvalue weighted by Crippen LogP contribution is -2.51. The van der Waals surface area contributed by atoms with Crippen molar-refractivity contribution in [3.8, 4) is 22.5 Å². The van der Waals surface area contributed by atoms with E-state index in [9.17, 15) is 24.0 Å². The van der Waals surface area contributed by atoms with Gasteiger partial charge < -0.3 is 44.9 Å². The van der Waals surface area contributed by atoms with E-state index in [1.165, 1.54) is 14.2 Å². The van der Waals surface area contributed by atoms with Gasteiger partial charge in [0.2, 0.25) is 11.8 Å². The SMILES string of the molecule is COC(=O)N[C@H](C(=O)N1CCC[C@H]1c1ncc(-c2ccc3c(=O)c4ccc(-c5cnc([C@@H]6CCCN6C(=O)[C@@H](NC(=O)OC)C(C)C)[nH]5)cc4[nH]c3c2)[nH]1)C(C)C. The van der Waals surface area contributed by atoms with E-state index in [1.54, 1.807) is 34.3 Å². The van der Waals surface area contributed by atoms with E-state index in [4.69, 9.17) is 9.47 Å². The van der Waals surface area contributed by atoms with Gasteiger partial charge in [-0.3, -0.25) is 14.4 Å². The second kappa shape index (κ2) is 16.1. The predicted octanol–water partition coefficient (Wildman–Crippen LogP) is 5.55. The molecule has 0 aliphatic carbocycles. The van der Waals surface area contributed by atoms with Crippen molar-refractivity contribution in [2.24, 2.45) is 11.8 Å². The van der Waals surface area contributed by atoms with Crippen molar-refractivity contribution < 1.29 is 28.7 Å². The molecule has 57 heavy (non-hydrogen) atoms. The van der Waals surface area contributed by atoms with Crippen molar-refractivity contribution in [3.05, 3.63) is 70.7 Å². The third kappa shape index (κ3) is 7.67. The molecular formula is C41H49N9O7.